The number of phenolic OH excluding ortho intramolecular Hbond substituents is 1. The lowest BCUT2D eigenvalue weighted by atomic mass is 9.61. The summed E-state index contributed by atoms with van der Waals surface area (Å²) >= 11 is 0. The van der Waals surface area contributed by atoms with Crippen LogP contribution in [0, 0.1) is 17.8 Å². The van der Waals surface area contributed by atoms with Crippen molar-refractivity contribution in [1.82, 2.24) is 0 Å². The molecule has 1 aromatic rings. The molecule has 1 aliphatic carbocycles. The molecular formula is C16H22O4. The first-order valence-electron chi connectivity index (χ1n) is 7.14. The maximum absolute atomic E-state index is 11.3. The van der Waals surface area contributed by atoms with Gasteiger partial charge in [-0.05, 0) is 48.8 Å². The summed E-state index contributed by atoms with van der Waals surface area (Å²) in [5, 5.41) is 29.7. The number of aliphatic carboxylic acids is 1. The highest BCUT2D eigenvalue weighted by atomic mass is 16.4. The molecule has 3 N–H and O–H groups in total. The van der Waals surface area contributed by atoms with Gasteiger partial charge in [-0.2, -0.15) is 0 Å². The third kappa shape index (κ3) is 2.40. The number of hydrogen-bond acceptors (Lipinski definition) is 3. The molecule has 2 rings (SSSR count). The Bertz CT molecular complexity index is 482. The minimum Gasteiger partial charge on any atom is -0.508 e. The molecule has 4 unspecified atom stereocenters. The second kappa shape index (κ2) is 5.44. The lowest BCUT2D eigenvalue weighted by Crippen LogP contribution is -2.47. The van der Waals surface area contributed by atoms with Crippen LogP contribution in [0.15, 0.2) is 24.3 Å². The molecule has 20 heavy (non-hydrogen) atoms. The fraction of sp³-hybridized carbons (Fsp3) is 0.562. The fourth-order valence-corrected chi connectivity index (χ4v) is 3.71. The van der Waals surface area contributed by atoms with Gasteiger partial charge < -0.3 is 15.3 Å². The Morgan fingerprint density at radius 1 is 1.35 bits per heavy atom. The van der Waals surface area contributed by atoms with Crippen molar-refractivity contribution in [2.24, 2.45) is 17.8 Å². The second-order valence-electron chi connectivity index (χ2n) is 5.83. The zero-order valence-corrected chi connectivity index (χ0v) is 11.9. The lowest BCUT2D eigenvalue weighted by molar-refractivity contribution is -0.154. The third-order valence-electron chi connectivity index (χ3n) is 4.84. The van der Waals surface area contributed by atoms with Gasteiger partial charge in [0, 0.05) is 0 Å². The van der Waals surface area contributed by atoms with E-state index in [1.807, 2.05) is 13.8 Å². The number of benzene rings is 1. The number of carbonyl (C=O) groups is 1. The van der Waals surface area contributed by atoms with E-state index in [-0.39, 0.29) is 17.6 Å². The quantitative estimate of drug-likeness (QED) is 0.794. The topological polar surface area (TPSA) is 77.8 Å². The molecule has 4 nitrogen and oxygen atoms in total. The van der Waals surface area contributed by atoms with Crippen molar-refractivity contribution >= 4 is 5.97 Å². The van der Waals surface area contributed by atoms with E-state index in [1.165, 1.54) is 0 Å². The van der Waals surface area contributed by atoms with Crippen molar-refractivity contribution in [1.29, 1.82) is 0 Å². The molecule has 1 aromatic carbocycles. The van der Waals surface area contributed by atoms with Crippen LogP contribution in [-0.4, -0.2) is 21.3 Å². The number of phenols is 1. The van der Waals surface area contributed by atoms with Crippen LogP contribution in [0.4, 0.5) is 0 Å². The summed E-state index contributed by atoms with van der Waals surface area (Å²) in [5.41, 5.74) is -0.244. The molecule has 0 aliphatic heterocycles. The largest absolute Gasteiger partial charge is 0.508 e. The van der Waals surface area contributed by atoms with E-state index in [2.05, 4.69) is 0 Å². The van der Waals surface area contributed by atoms with E-state index < -0.39 is 17.5 Å². The summed E-state index contributed by atoms with van der Waals surface area (Å²) < 4.78 is 0. The van der Waals surface area contributed by atoms with Crippen molar-refractivity contribution < 1.29 is 20.1 Å². The van der Waals surface area contributed by atoms with E-state index in [4.69, 9.17) is 0 Å². The first-order chi connectivity index (χ1) is 9.40. The van der Waals surface area contributed by atoms with E-state index in [9.17, 15) is 20.1 Å². The molecule has 110 valence electrons. The molecule has 0 heterocycles. The summed E-state index contributed by atoms with van der Waals surface area (Å²) in [7, 11) is 0. The Morgan fingerprint density at radius 3 is 2.45 bits per heavy atom. The van der Waals surface area contributed by atoms with E-state index in [0.29, 0.717) is 12.8 Å². The number of carboxylic acids is 1. The van der Waals surface area contributed by atoms with Gasteiger partial charge in [-0.3, -0.25) is 4.79 Å². The van der Waals surface area contributed by atoms with Gasteiger partial charge in [-0.25, -0.2) is 0 Å². The molecule has 0 spiro atoms. The Morgan fingerprint density at radius 2 is 1.95 bits per heavy atom. The highest BCUT2D eigenvalue weighted by molar-refractivity contribution is 5.70. The van der Waals surface area contributed by atoms with Crippen LogP contribution >= 0.6 is 0 Å². The van der Waals surface area contributed by atoms with Gasteiger partial charge in [0.15, 0.2) is 0 Å². The molecule has 0 amide bonds. The van der Waals surface area contributed by atoms with E-state index >= 15 is 0 Å². The van der Waals surface area contributed by atoms with Crippen molar-refractivity contribution in [2.75, 3.05) is 0 Å². The predicted molar refractivity (Wildman–Crippen MR) is 75.3 cm³/mol. The molecule has 0 radical (unpaired) electrons. The van der Waals surface area contributed by atoms with E-state index in [0.717, 1.165) is 12.0 Å². The summed E-state index contributed by atoms with van der Waals surface area (Å²) in [5.74, 6) is -1.18. The first kappa shape index (κ1) is 14.9. The average molecular weight is 278 g/mol. The molecule has 0 saturated heterocycles. The molecule has 0 bridgehead atoms. The minimum absolute atomic E-state index is 0.0787. The molecule has 1 fully saturated rings. The Labute approximate surface area is 119 Å². The monoisotopic (exact) mass is 278 g/mol. The highest BCUT2D eigenvalue weighted by Crippen LogP contribution is 2.48. The highest BCUT2D eigenvalue weighted by Gasteiger charge is 2.48. The maximum Gasteiger partial charge on any atom is 0.306 e. The average Bonchev–Trinajstić information content (AvgIpc) is 2.39. The lowest BCUT2D eigenvalue weighted by Gasteiger charge is -2.46. The fourth-order valence-electron chi connectivity index (χ4n) is 3.71. The number of carboxylic acid groups (broad SMARTS) is 1. The van der Waals surface area contributed by atoms with Crippen molar-refractivity contribution in [3.63, 3.8) is 0 Å². The molecule has 4 atom stereocenters. The SMILES string of the molecule is CCC1C(C)C(C(=O)O)CCC1(O)c1ccc(O)cc1. The van der Waals surface area contributed by atoms with Crippen LogP contribution in [0.2, 0.25) is 0 Å². The Hall–Kier alpha value is -1.55. The maximum atomic E-state index is 11.3. The van der Waals surface area contributed by atoms with Crippen LogP contribution in [0.5, 0.6) is 5.75 Å². The van der Waals surface area contributed by atoms with Gasteiger partial charge in [0.1, 0.15) is 5.75 Å². The van der Waals surface area contributed by atoms with Gasteiger partial charge in [-0.1, -0.05) is 26.0 Å². The van der Waals surface area contributed by atoms with Crippen LogP contribution in [-0.2, 0) is 10.4 Å². The summed E-state index contributed by atoms with van der Waals surface area (Å²) in [4.78, 5) is 11.3. The van der Waals surface area contributed by atoms with Crippen LogP contribution in [0.3, 0.4) is 0 Å². The number of aromatic hydroxyl groups is 1. The van der Waals surface area contributed by atoms with Crippen molar-refractivity contribution in [2.45, 2.75) is 38.7 Å². The number of hydrogen-bond donors (Lipinski definition) is 3. The minimum atomic E-state index is -1.01. The number of aliphatic hydroxyl groups is 1. The molecular weight excluding hydrogens is 256 g/mol. The van der Waals surface area contributed by atoms with Crippen molar-refractivity contribution in [3.8, 4) is 5.75 Å². The van der Waals surface area contributed by atoms with Gasteiger partial charge >= 0.3 is 5.97 Å². The summed E-state index contributed by atoms with van der Waals surface area (Å²) in [6.07, 6.45) is 1.64. The molecule has 1 aliphatic rings. The van der Waals surface area contributed by atoms with Gasteiger partial charge in [-0.15, -0.1) is 0 Å². The molecule has 0 aromatic heterocycles. The van der Waals surface area contributed by atoms with Crippen LogP contribution in [0.1, 0.15) is 38.7 Å². The number of rotatable bonds is 3. The summed E-state index contributed by atoms with van der Waals surface area (Å²) in [6.45, 7) is 3.90. The smallest absolute Gasteiger partial charge is 0.306 e. The first-order valence-corrected chi connectivity index (χ1v) is 7.14. The van der Waals surface area contributed by atoms with Crippen LogP contribution < -0.4 is 0 Å². The normalized spacial score (nSPS) is 33.9. The van der Waals surface area contributed by atoms with Crippen LogP contribution in [0.25, 0.3) is 0 Å². The zero-order valence-electron chi connectivity index (χ0n) is 11.9. The van der Waals surface area contributed by atoms with E-state index in [1.54, 1.807) is 24.3 Å². The zero-order chi connectivity index (χ0) is 14.9. The van der Waals surface area contributed by atoms with Gasteiger partial charge in [0.2, 0.25) is 0 Å². The second-order valence-corrected chi connectivity index (χ2v) is 5.83. The Balaban J connectivity index is 2.35. The summed E-state index contributed by atoms with van der Waals surface area (Å²) in [6, 6.07) is 6.58. The van der Waals surface area contributed by atoms with Crippen molar-refractivity contribution in [3.05, 3.63) is 29.8 Å². The van der Waals surface area contributed by atoms with Gasteiger partial charge in [0.05, 0.1) is 11.5 Å². The third-order valence-corrected chi connectivity index (χ3v) is 4.84. The van der Waals surface area contributed by atoms with Gasteiger partial charge in [0.25, 0.3) is 0 Å². The standard InChI is InChI=1S/C16H22O4/c1-3-14-10(2)13(15(18)19)8-9-16(14,20)11-4-6-12(17)7-5-11/h4-7,10,13-14,17,20H,3,8-9H2,1-2H3,(H,18,19). The molecule has 1 saturated carbocycles. The molecule has 4 heteroatoms. The predicted octanol–water partition coefficient (Wildman–Crippen LogP) is 2.74. The Kier molecular flexibility index (Phi) is 4.04.